The predicted octanol–water partition coefficient (Wildman–Crippen LogP) is 1.66. The molecule has 3 heteroatoms. The lowest BCUT2D eigenvalue weighted by Crippen LogP contribution is -2.01. The molecule has 0 N–H and O–H groups in total. The molecule has 0 spiro atoms. The first-order valence-electron chi connectivity index (χ1n) is 4.32. The van der Waals surface area contributed by atoms with E-state index in [0.717, 1.165) is 5.56 Å². The Morgan fingerprint density at radius 2 is 2.07 bits per heavy atom. The lowest BCUT2D eigenvalue weighted by Gasteiger charge is -1.99. The largest absolute Gasteiger partial charge is 0.469 e. The van der Waals surface area contributed by atoms with Crippen molar-refractivity contribution < 1.29 is 9.53 Å². The van der Waals surface area contributed by atoms with E-state index in [9.17, 15) is 4.79 Å². The summed E-state index contributed by atoms with van der Waals surface area (Å²) in [6, 6.07) is 9.22. The van der Waals surface area contributed by atoms with Gasteiger partial charge in [0.1, 0.15) is 0 Å². The maximum absolute atomic E-state index is 10.8. The number of carbonyl (C=O) groups excluding carboxylic acids is 1. The summed E-state index contributed by atoms with van der Waals surface area (Å²) >= 11 is 0. The van der Waals surface area contributed by atoms with Gasteiger partial charge in [-0.3, -0.25) is 4.79 Å². The summed E-state index contributed by atoms with van der Waals surface area (Å²) in [6.07, 6.45) is 1.03. The Balaban J connectivity index is 2.53. The van der Waals surface area contributed by atoms with Gasteiger partial charge >= 0.3 is 5.97 Å². The number of aryl methyl sites for hydroxylation is 1. The molecule has 0 amide bonds. The zero-order valence-corrected chi connectivity index (χ0v) is 7.99. The minimum absolute atomic E-state index is 0.214. The molecule has 1 aromatic carbocycles. The minimum Gasteiger partial charge on any atom is -0.469 e. The molecule has 1 rings (SSSR count). The molecule has 0 atom stereocenters. The van der Waals surface area contributed by atoms with E-state index in [4.69, 9.17) is 5.26 Å². The number of nitrogens with zero attached hydrogens (tertiary/aromatic N) is 1. The van der Waals surface area contributed by atoms with Crippen LogP contribution in [0.1, 0.15) is 17.5 Å². The molecule has 0 bridgehead atoms. The highest BCUT2D eigenvalue weighted by Gasteiger charge is 2.00. The average Bonchev–Trinajstić information content (AvgIpc) is 2.26. The molecule has 14 heavy (non-hydrogen) atoms. The fourth-order valence-corrected chi connectivity index (χ4v) is 1.09. The third-order valence-corrected chi connectivity index (χ3v) is 1.93. The fraction of sp³-hybridized carbons (Fsp3) is 0.273. The molecular formula is C11H11NO2. The summed E-state index contributed by atoms with van der Waals surface area (Å²) in [5.41, 5.74) is 1.67. The molecule has 0 saturated heterocycles. The zero-order valence-electron chi connectivity index (χ0n) is 7.99. The van der Waals surface area contributed by atoms with Gasteiger partial charge in [0.05, 0.1) is 18.7 Å². The number of benzene rings is 1. The Bertz CT molecular complexity index is 349. The van der Waals surface area contributed by atoms with Crippen LogP contribution in [-0.4, -0.2) is 13.1 Å². The first-order chi connectivity index (χ1) is 6.76. The lowest BCUT2D eigenvalue weighted by atomic mass is 10.1. The van der Waals surface area contributed by atoms with Gasteiger partial charge in [0.2, 0.25) is 0 Å². The van der Waals surface area contributed by atoms with Crippen LogP contribution >= 0.6 is 0 Å². The summed E-state index contributed by atoms with van der Waals surface area (Å²) in [6.45, 7) is 0. The SMILES string of the molecule is COC(=O)CCc1ccc(C#N)cc1. The summed E-state index contributed by atoms with van der Waals surface area (Å²) in [5, 5.41) is 8.56. The van der Waals surface area contributed by atoms with Crippen molar-refractivity contribution in [3.8, 4) is 6.07 Å². The highest BCUT2D eigenvalue weighted by atomic mass is 16.5. The van der Waals surface area contributed by atoms with E-state index in [2.05, 4.69) is 4.74 Å². The summed E-state index contributed by atoms with van der Waals surface area (Å²) in [7, 11) is 1.38. The zero-order chi connectivity index (χ0) is 10.4. The molecule has 0 unspecified atom stereocenters. The number of nitriles is 1. The Morgan fingerprint density at radius 1 is 1.43 bits per heavy atom. The van der Waals surface area contributed by atoms with Gasteiger partial charge in [0.25, 0.3) is 0 Å². The van der Waals surface area contributed by atoms with Crippen molar-refractivity contribution in [1.29, 1.82) is 5.26 Å². The molecule has 0 fully saturated rings. The first kappa shape index (κ1) is 10.3. The molecule has 72 valence electrons. The van der Waals surface area contributed by atoms with E-state index in [1.165, 1.54) is 7.11 Å². The Hall–Kier alpha value is -1.82. The van der Waals surface area contributed by atoms with E-state index in [-0.39, 0.29) is 5.97 Å². The van der Waals surface area contributed by atoms with E-state index < -0.39 is 0 Å². The monoisotopic (exact) mass is 189 g/mol. The van der Waals surface area contributed by atoms with Gasteiger partial charge in [-0.05, 0) is 24.1 Å². The quantitative estimate of drug-likeness (QED) is 0.679. The van der Waals surface area contributed by atoms with Crippen molar-refractivity contribution in [3.63, 3.8) is 0 Å². The van der Waals surface area contributed by atoms with Crippen LogP contribution in [0, 0.1) is 11.3 Å². The van der Waals surface area contributed by atoms with Crippen molar-refractivity contribution in [2.45, 2.75) is 12.8 Å². The van der Waals surface area contributed by atoms with Gasteiger partial charge in [0.15, 0.2) is 0 Å². The average molecular weight is 189 g/mol. The lowest BCUT2D eigenvalue weighted by molar-refractivity contribution is -0.140. The second-order valence-electron chi connectivity index (χ2n) is 2.88. The third kappa shape index (κ3) is 2.91. The predicted molar refractivity (Wildman–Crippen MR) is 51.5 cm³/mol. The molecule has 0 radical (unpaired) electrons. The number of esters is 1. The highest BCUT2D eigenvalue weighted by molar-refractivity contribution is 5.69. The van der Waals surface area contributed by atoms with Gasteiger partial charge in [-0.15, -0.1) is 0 Å². The number of rotatable bonds is 3. The molecular weight excluding hydrogens is 178 g/mol. The first-order valence-corrected chi connectivity index (χ1v) is 4.32. The van der Waals surface area contributed by atoms with Crippen molar-refractivity contribution in [2.75, 3.05) is 7.11 Å². The van der Waals surface area contributed by atoms with Crippen LogP contribution in [0.3, 0.4) is 0 Å². The number of ether oxygens (including phenoxy) is 1. The molecule has 0 aromatic heterocycles. The number of methoxy groups -OCH3 is 1. The second-order valence-corrected chi connectivity index (χ2v) is 2.88. The van der Waals surface area contributed by atoms with Crippen LogP contribution in [0.2, 0.25) is 0 Å². The standard InChI is InChI=1S/C11H11NO2/c1-14-11(13)7-6-9-2-4-10(8-12)5-3-9/h2-5H,6-7H2,1H3. The van der Waals surface area contributed by atoms with Gasteiger partial charge in [-0.25, -0.2) is 0 Å². The molecule has 0 saturated carbocycles. The molecule has 0 heterocycles. The Morgan fingerprint density at radius 3 is 2.57 bits per heavy atom. The minimum atomic E-state index is -0.214. The summed E-state index contributed by atoms with van der Waals surface area (Å²) < 4.78 is 4.53. The molecule has 0 aliphatic heterocycles. The smallest absolute Gasteiger partial charge is 0.305 e. The summed E-state index contributed by atoms with van der Waals surface area (Å²) in [4.78, 5) is 10.8. The van der Waals surface area contributed by atoms with Crippen LogP contribution in [0.15, 0.2) is 24.3 Å². The number of hydrogen-bond acceptors (Lipinski definition) is 3. The second kappa shape index (κ2) is 5.03. The van der Waals surface area contributed by atoms with Crippen molar-refractivity contribution in [1.82, 2.24) is 0 Å². The van der Waals surface area contributed by atoms with E-state index >= 15 is 0 Å². The van der Waals surface area contributed by atoms with Crippen molar-refractivity contribution in [2.24, 2.45) is 0 Å². The van der Waals surface area contributed by atoms with Gasteiger partial charge < -0.3 is 4.74 Å². The van der Waals surface area contributed by atoms with Crippen LogP contribution in [-0.2, 0) is 16.0 Å². The molecule has 0 aliphatic rings. The number of hydrogen-bond donors (Lipinski definition) is 0. The third-order valence-electron chi connectivity index (χ3n) is 1.93. The van der Waals surface area contributed by atoms with Gasteiger partial charge in [0, 0.05) is 6.42 Å². The molecule has 1 aromatic rings. The van der Waals surface area contributed by atoms with Gasteiger partial charge in [-0.1, -0.05) is 12.1 Å². The van der Waals surface area contributed by atoms with Crippen LogP contribution in [0.25, 0.3) is 0 Å². The maximum Gasteiger partial charge on any atom is 0.305 e. The molecule has 0 aliphatic carbocycles. The molecule has 3 nitrogen and oxygen atoms in total. The van der Waals surface area contributed by atoms with E-state index in [1.54, 1.807) is 12.1 Å². The Kier molecular flexibility index (Phi) is 3.69. The number of carbonyl (C=O) groups is 1. The van der Waals surface area contributed by atoms with Crippen molar-refractivity contribution in [3.05, 3.63) is 35.4 Å². The topological polar surface area (TPSA) is 50.1 Å². The van der Waals surface area contributed by atoms with Crippen LogP contribution < -0.4 is 0 Å². The van der Waals surface area contributed by atoms with Crippen LogP contribution in [0.4, 0.5) is 0 Å². The van der Waals surface area contributed by atoms with E-state index in [1.807, 2.05) is 18.2 Å². The maximum atomic E-state index is 10.8. The Labute approximate surface area is 82.9 Å². The van der Waals surface area contributed by atoms with E-state index in [0.29, 0.717) is 18.4 Å². The van der Waals surface area contributed by atoms with Crippen LogP contribution in [0.5, 0.6) is 0 Å². The highest BCUT2D eigenvalue weighted by Crippen LogP contribution is 2.06. The van der Waals surface area contributed by atoms with Gasteiger partial charge in [-0.2, -0.15) is 5.26 Å². The normalized spacial score (nSPS) is 9.14. The summed E-state index contributed by atoms with van der Waals surface area (Å²) in [5.74, 6) is -0.214. The fourth-order valence-electron chi connectivity index (χ4n) is 1.09. The van der Waals surface area contributed by atoms with Crippen molar-refractivity contribution >= 4 is 5.97 Å².